The number of ether oxygens (including phenoxy) is 1. The minimum absolute atomic E-state index is 0.0236. The van der Waals surface area contributed by atoms with Crippen LogP contribution in [0.5, 0.6) is 5.75 Å². The average molecular weight is 354 g/mol. The SMILES string of the molecule is Cc1ccc(C(=O)N(C)c2ccc(OCC(=O)NCC(C)C)cc2)cc1. The lowest BCUT2D eigenvalue weighted by molar-refractivity contribution is -0.123. The van der Waals surface area contributed by atoms with Gasteiger partial charge in [-0.25, -0.2) is 0 Å². The molecule has 2 aromatic rings. The van der Waals surface area contributed by atoms with Gasteiger partial charge in [-0.15, -0.1) is 0 Å². The van der Waals surface area contributed by atoms with Gasteiger partial charge in [0.2, 0.25) is 0 Å². The topological polar surface area (TPSA) is 58.6 Å². The van der Waals surface area contributed by atoms with Gasteiger partial charge in [0.15, 0.2) is 6.61 Å². The molecular weight excluding hydrogens is 328 g/mol. The van der Waals surface area contributed by atoms with Gasteiger partial charge in [0.1, 0.15) is 5.75 Å². The fraction of sp³-hybridized carbons (Fsp3) is 0.333. The lowest BCUT2D eigenvalue weighted by Gasteiger charge is -2.18. The van der Waals surface area contributed by atoms with Crippen LogP contribution in [0.25, 0.3) is 0 Å². The van der Waals surface area contributed by atoms with E-state index in [1.54, 1.807) is 36.2 Å². The molecular formula is C21H26N2O3. The first kappa shape index (κ1) is 19.5. The summed E-state index contributed by atoms with van der Waals surface area (Å²) < 4.78 is 5.48. The normalized spacial score (nSPS) is 10.5. The van der Waals surface area contributed by atoms with Gasteiger partial charge < -0.3 is 15.0 Å². The molecule has 0 atom stereocenters. The molecule has 1 N–H and O–H groups in total. The van der Waals surface area contributed by atoms with E-state index in [4.69, 9.17) is 4.74 Å². The molecule has 0 aromatic heterocycles. The zero-order valence-corrected chi connectivity index (χ0v) is 15.8. The van der Waals surface area contributed by atoms with Crippen LogP contribution in [-0.4, -0.2) is 32.0 Å². The molecule has 0 unspecified atom stereocenters. The summed E-state index contributed by atoms with van der Waals surface area (Å²) in [7, 11) is 1.73. The van der Waals surface area contributed by atoms with Crippen LogP contribution in [0, 0.1) is 12.8 Å². The summed E-state index contributed by atoms with van der Waals surface area (Å²) >= 11 is 0. The van der Waals surface area contributed by atoms with Crippen molar-refractivity contribution in [1.29, 1.82) is 0 Å². The summed E-state index contributed by atoms with van der Waals surface area (Å²) in [5.41, 5.74) is 2.51. The summed E-state index contributed by atoms with van der Waals surface area (Å²) in [5, 5.41) is 2.80. The quantitative estimate of drug-likeness (QED) is 0.829. The van der Waals surface area contributed by atoms with Gasteiger partial charge in [-0.1, -0.05) is 31.5 Å². The molecule has 5 nitrogen and oxygen atoms in total. The van der Waals surface area contributed by atoms with Crippen molar-refractivity contribution in [2.24, 2.45) is 5.92 Å². The number of hydrogen-bond acceptors (Lipinski definition) is 3. The Balaban J connectivity index is 1.92. The maximum absolute atomic E-state index is 12.5. The maximum atomic E-state index is 12.5. The van der Waals surface area contributed by atoms with Gasteiger partial charge in [-0.3, -0.25) is 9.59 Å². The number of hydrogen-bond donors (Lipinski definition) is 1. The van der Waals surface area contributed by atoms with Crippen LogP contribution in [0.1, 0.15) is 29.8 Å². The number of aryl methyl sites for hydroxylation is 1. The molecule has 0 saturated heterocycles. The van der Waals surface area contributed by atoms with Gasteiger partial charge in [0, 0.05) is 24.8 Å². The zero-order valence-electron chi connectivity index (χ0n) is 15.8. The number of nitrogens with zero attached hydrogens (tertiary/aromatic N) is 1. The highest BCUT2D eigenvalue weighted by Crippen LogP contribution is 2.20. The number of carbonyl (C=O) groups is 2. The molecule has 0 fully saturated rings. The lowest BCUT2D eigenvalue weighted by Crippen LogP contribution is -2.31. The second-order valence-electron chi connectivity index (χ2n) is 6.71. The van der Waals surface area contributed by atoms with E-state index in [0.29, 0.717) is 23.8 Å². The van der Waals surface area contributed by atoms with Gasteiger partial charge in [-0.2, -0.15) is 0 Å². The first-order valence-corrected chi connectivity index (χ1v) is 8.71. The molecule has 0 aliphatic carbocycles. The molecule has 0 aliphatic heterocycles. The fourth-order valence-electron chi connectivity index (χ4n) is 2.29. The summed E-state index contributed by atoms with van der Waals surface area (Å²) in [6.07, 6.45) is 0. The predicted molar refractivity (Wildman–Crippen MR) is 104 cm³/mol. The van der Waals surface area contributed by atoms with Crippen molar-refractivity contribution in [2.45, 2.75) is 20.8 Å². The molecule has 0 spiro atoms. The van der Waals surface area contributed by atoms with Gasteiger partial charge in [0.05, 0.1) is 0 Å². The Bertz CT molecular complexity index is 737. The van der Waals surface area contributed by atoms with Crippen molar-refractivity contribution >= 4 is 17.5 Å². The van der Waals surface area contributed by atoms with Crippen LogP contribution < -0.4 is 15.0 Å². The van der Waals surface area contributed by atoms with E-state index in [1.807, 2.05) is 45.0 Å². The highest BCUT2D eigenvalue weighted by Gasteiger charge is 2.13. The molecule has 0 radical (unpaired) electrons. The third-order valence-corrected chi connectivity index (χ3v) is 3.90. The molecule has 138 valence electrons. The highest BCUT2D eigenvalue weighted by atomic mass is 16.5. The van der Waals surface area contributed by atoms with Crippen molar-refractivity contribution in [3.63, 3.8) is 0 Å². The third kappa shape index (κ3) is 5.62. The molecule has 26 heavy (non-hydrogen) atoms. The molecule has 0 saturated carbocycles. The largest absolute Gasteiger partial charge is 0.484 e. The monoisotopic (exact) mass is 354 g/mol. The third-order valence-electron chi connectivity index (χ3n) is 3.90. The maximum Gasteiger partial charge on any atom is 0.258 e. The first-order chi connectivity index (χ1) is 12.4. The molecule has 2 amide bonds. The Morgan fingerprint density at radius 1 is 1.04 bits per heavy atom. The van der Waals surface area contributed by atoms with Gasteiger partial charge in [0.25, 0.3) is 11.8 Å². The first-order valence-electron chi connectivity index (χ1n) is 8.71. The van der Waals surface area contributed by atoms with Crippen molar-refractivity contribution in [2.75, 3.05) is 25.1 Å². The van der Waals surface area contributed by atoms with E-state index in [0.717, 1.165) is 11.3 Å². The summed E-state index contributed by atoms with van der Waals surface area (Å²) in [4.78, 5) is 25.8. The Morgan fingerprint density at radius 2 is 1.65 bits per heavy atom. The van der Waals surface area contributed by atoms with Crippen LogP contribution in [0.4, 0.5) is 5.69 Å². The minimum Gasteiger partial charge on any atom is -0.484 e. The molecule has 0 aliphatic rings. The molecule has 2 aromatic carbocycles. The number of amides is 2. The summed E-state index contributed by atoms with van der Waals surface area (Å²) in [5.74, 6) is 0.769. The summed E-state index contributed by atoms with van der Waals surface area (Å²) in [6, 6.07) is 14.6. The number of anilines is 1. The number of nitrogens with one attached hydrogen (secondary N) is 1. The van der Waals surface area contributed by atoms with Crippen molar-refractivity contribution < 1.29 is 14.3 Å². The smallest absolute Gasteiger partial charge is 0.258 e. The number of rotatable bonds is 7. The Labute approximate surface area is 155 Å². The highest BCUT2D eigenvalue weighted by molar-refractivity contribution is 6.05. The van der Waals surface area contributed by atoms with Gasteiger partial charge >= 0.3 is 0 Å². The Kier molecular flexibility index (Phi) is 6.78. The fourth-order valence-corrected chi connectivity index (χ4v) is 2.29. The van der Waals surface area contributed by atoms with Crippen LogP contribution in [0.3, 0.4) is 0 Å². The lowest BCUT2D eigenvalue weighted by atomic mass is 10.1. The van der Waals surface area contributed by atoms with Crippen LogP contribution in [0.2, 0.25) is 0 Å². The molecule has 2 rings (SSSR count). The van der Waals surface area contributed by atoms with Gasteiger partial charge in [-0.05, 0) is 49.2 Å². The van der Waals surface area contributed by atoms with E-state index in [9.17, 15) is 9.59 Å². The number of carbonyl (C=O) groups excluding carboxylic acids is 2. The van der Waals surface area contributed by atoms with E-state index < -0.39 is 0 Å². The Morgan fingerprint density at radius 3 is 2.23 bits per heavy atom. The van der Waals surface area contributed by atoms with E-state index in [1.165, 1.54) is 0 Å². The van der Waals surface area contributed by atoms with Crippen LogP contribution >= 0.6 is 0 Å². The zero-order chi connectivity index (χ0) is 19.1. The van der Waals surface area contributed by atoms with Crippen molar-refractivity contribution in [3.8, 4) is 5.75 Å². The standard InChI is InChI=1S/C21H26N2O3/c1-15(2)13-22-20(24)14-26-19-11-9-18(10-12-19)23(4)21(25)17-7-5-16(3)6-8-17/h5-12,15H,13-14H2,1-4H3,(H,22,24). The van der Waals surface area contributed by atoms with Crippen molar-refractivity contribution in [1.82, 2.24) is 5.32 Å². The van der Waals surface area contributed by atoms with Crippen LogP contribution in [-0.2, 0) is 4.79 Å². The van der Waals surface area contributed by atoms with Crippen molar-refractivity contribution in [3.05, 3.63) is 59.7 Å². The second-order valence-corrected chi connectivity index (χ2v) is 6.71. The predicted octanol–water partition coefficient (Wildman–Crippen LogP) is 3.42. The van der Waals surface area contributed by atoms with Crippen LogP contribution in [0.15, 0.2) is 48.5 Å². The van der Waals surface area contributed by atoms with E-state index in [-0.39, 0.29) is 18.4 Å². The molecule has 0 heterocycles. The average Bonchev–Trinajstić information content (AvgIpc) is 2.64. The number of benzene rings is 2. The van der Waals surface area contributed by atoms with E-state index in [2.05, 4.69) is 5.32 Å². The minimum atomic E-state index is -0.144. The second kappa shape index (κ2) is 9.04. The molecule has 0 bridgehead atoms. The van der Waals surface area contributed by atoms with E-state index >= 15 is 0 Å². The Hall–Kier alpha value is -2.82. The summed E-state index contributed by atoms with van der Waals surface area (Å²) in [6.45, 7) is 6.67. The molecule has 5 heteroatoms.